The van der Waals surface area contributed by atoms with E-state index in [0.717, 1.165) is 19.1 Å². The van der Waals surface area contributed by atoms with Gasteiger partial charge in [-0.1, -0.05) is 12.5 Å². The molecule has 1 aromatic carbocycles. The van der Waals surface area contributed by atoms with Crippen molar-refractivity contribution in [1.82, 2.24) is 5.32 Å². The Morgan fingerprint density at radius 3 is 2.75 bits per heavy atom. The van der Waals surface area contributed by atoms with Crippen LogP contribution in [0.1, 0.15) is 38.2 Å². The van der Waals surface area contributed by atoms with Crippen molar-refractivity contribution in [2.24, 2.45) is 5.41 Å². The fourth-order valence-electron chi connectivity index (χ4n) is 3.62. The van der Waals surface area contributed by atoms with E-state index in [1.165, 1.54) is 31.4 Å². The Balaban J connectivity index is 1.59. The standard InChI is InChI=1S/C16H21F2NO/c1-2-20-15-9-14(16(15)6-3-7-16)19-10-11-4-5-12(17)8-13(11)18/h4-5,8,14-15,19H,2-3,6-7,9-10H2,1H3. The lowest BCUT2D eigenvalue weighted by Crippen LogP contribution is -2.66. The third-order valence-electron chi connectivity index (χ3n) is 4.99. The van der Waals surface area contributed by atoms with E-state index in [9.17, 15) is 8.78 Å². The number of ether oxygens (including phenoxy) is 1. The van der Waals surface area contributed by atoms with E-state index in [1.807, 2.05) is 6.92 Å². The van der Waals surface area contributed by atoms with Gasteiger partial charge < -0.3 is 10.1 Å². The van der Waals surface area contributed by atoms with E-state index in [2.05, 4.69) is 5.32 Å². The molecule has 0 saturated heterocycles. The second kappa shape index (κ2) is 5.41. The molecule has 3 rings (SSSR count). The fourth-order valence-corrected chi connectivity index (χ4v) is 3.62. The average Bonchev–Trinajstić information content (AvgIpc) is 2.32. The highest BCUT2D eigenvalue weighted by Gasteiger charge is 2.58. The van der Waals surface area contributed by atoms with E-state index >= 15 is 0 Å². The smallest absolute Gasteiger partial charge is 0.130 e. The highest BCUT2D eigenvalue weighted by atomic mass is 19.1. The first-order valence-electron chi connectivity index (χ1n) is 7.44. The lowest BCUT2D eigenvalue weighted by Gasteiger charge is -2.61. The topological polar surface area (TPSA) is 21.3 Å². The van der Waals surface area contributed by atoms with Gasteiger partial charge in [0, 0.05) is 36.2 Å². The van der Waals surface area contributed by atoms with Crippen molar-refractivity contribution in [2.45, 2.75) is 51.3 Å². The molecular formula is C16H21F2NO. The van der Waals surface area contributed by atoms with E-state index in [-0.39, 0.29) is 5.41 Å². The van der Waals surface area contributed by atoms with Crippen LogP contribution in [0.5, 0.6) is 0 Å². The minimum absolute atomic E-state index is 0.270. The van der Waals surface area contributed by atoms with Crippen molar-refractivity contribution in [2.75, 3.05) is 6.61 Å². The maximum absolute atomic E-state index is 13.6. The first-order valence-corrected chi connectivity index (χ1v) is 7.44. The molecule has 2 unspecified atom stereocenters. The number of rotatable bonds is 5. The Hall–Kier alpha value is -1.00. The first-order chi connectivity index (χ1) is 9.65. The molecule has 0 aliphatic heterocycles. The fraction of sp³-hybridized carbons (Fsp3) is 0.625. The van der Waals surface area contributed by atoms with Crippen LogP contribution in [0.15, 0.2) is 18.2 Å². The van der Waals surface area contributed by atoms with Gasteiger partial charge in [0.25, 0.3) is 0 Å². The molecule has 2 saturated carbocycles. The molecule has 1 N–H and O–H groups in total. The second-order valence-electron chi connectivity index (χ2n) is 5.94. The van der Waals surface area contributed by atoms with Crippen LogP contribution in [0, 0.1) is 17.0 Å². The molecule has 0 radical (unpaired) electrons. The summed E-state index contributed by atoms with van der Waals surface area (Å²) in [5, 5.41) is 3.43. The quantitative estimate of drug-likeness (QED) is 0.893. The number of hydrogen-bond acceptors (Lipinski definition) is 2. The van der Waals surface area contributed by atoms with E-state index in [1.54, 1.807) is 0 Å². The van der Waals surface area contributed by atoms with Crippen molar-refractivity contribution in [1.29, 1.82) is 0 Å². The predicted molar refractivity (Wildman–Crippen MR) is 73.3 cm³/mol. The predicted octanol–water partition coefficient (Wildman–Crippen LogP) is 3.40. The summed E-state index contributed by atoms with van der Waals surface area (Å²) in [5.41, 5.74) is 0.799. The monoisotopic (exact) mass is 281 g/mol. The highest BCUT2D eigenvalue weighted by molar-refractivity contribution is 5.19. The van der Waals surface area contributed by atoms with Crippen LogP contribution in [0.3, 0.4) is 0 Å². The van der Waals surface area contributed by atoms with Gasteiger partial charge in [0.15, 0.2) is 0 Å². The summed E-state index contributed by atoms with van der Waals surface area (Å²) in [4.78, 5) is 0. The van der Waals surface area contributed by atoms with Crippen molar-refractivity contribution in [3.05, 3.63) is 35.4 Å². The van der Waals surface area contributed by atoms with Gasteiger partial charge in [-0.3, -0.25) is 0 Å². The van der Waals surface area contributed by atoms with Crippen LogP contribution in [-0.4, -0.2) is 18.8 Å². The molecule has 4 heteroatoms. The molecular weight excluding hydrogens is 260 g/mol. The summed E-state index contributed by atoms with van der Waals surface area (Å²) in [6.07, 6.45) is 5.00. The van der Waals surface area contributed by atoms with E-state index in [0.29, 0.717) is 24.3 Å². The van der Waals surface area contributed by atoms with Crippen LogP contribution in [0.4, 0.5) is 8.78 Å². The Kier molecular flexibility index (Phi) is 3.78. The maximum Gasteiger partial charge on any atom is 0.130 e. The Bertz CT molecular complexity index is 487. The van der Waals surface area contributed by atoms with E-state index in [4.69, 9.17) is 4.74 Å². The molecule has 2 fully saturated rings. The van der Waals surface area contributed by atoms with Gasteiger partial charge in [0.05, 0.1) is 6.10 Å². The number of halogens is 2. The van der Waals surface area contributed by atoms with Crippen LogP contribution in [0.2, 0.25) is 0 Å². The Labute approximate surface area is 118 Å². The van der Waals surface area contributed by atoms with E-state index < -0.39 is 11.6 Å². The van der Waals surface area contributed by atoms with Gasteiger partial charge in [-0.2, -0.15) is 0 Å². The minimum Gasteiger partial charge on any atom is -0.378 e. The summed E-state index contributed by atoms with van der Waals surface area (Å²) in [7, 11) is 0. The SMILES string of the molecule is CCOC1CC(NCc2ccc(F)cc2F)C12CCC2. The Morgan fingerprint density at radius 1 is 1.35 bits per heavy atom. The maximum atomic E-state index is 13.6. The molecule has 2 aliphatic carbocycles. The highest BCUT2D eigenvalue weighted by Crippen LogP contribution is 2.57. The van der Waals surface area contributed by atoms with Crippen molar-refractivity contribution >= 4 is 0 Å². The third kappa shape index (κ3) is 2.25. The van der Waals surface area contributed by atoms with Crippen LogP contribution < -0.4 is 5.32 Å². The van der Waals surface area contributed by atoms with Gasteiger partial charge in [0.2, 0.25) is 0 Å². The van der Waals surface area contributed by atoms with Crippen molar-refractivity contribution in [3.63, 3.8) is 0 Å². The molecule has 0 heterocycles. The molecule has 1 spiro atoms. The normalized spacial score (nSPS) is 27.1. The number of nitrogens with one attached hydrogen (secondary N) is 1. The second-order valence-corrected chi connectivity index (χ2v) is 5.94. The number of benzene rings is 1. The molecule has 2 aliphatic rings. The van der Waals surface area contributed by atoms with Gasteiger partial charge in [-0.05, 0) is 32.3 Å². The first kappa shape index (κ1) is 14.0. The zero-order chi connectivity index (χ0) is 14.2. The summed E-state index contributed by atoms with van der Waals surface area (Å²) in [6, 6.07) is 4.17. The zero-order valence-electron chi connectivity index (χ0n) is 11.8. The molecule has 20 heavy (non-hydrogen) atoms. The number of hydrogen-bond donors (Lipinski definition) is 1. The summed E-state index contributed by atoms with van der Waals surface area (Å²) in [6.45, 7) is 3.24. The lowest BCUT2D eigenvalue weighted by molar-refractivity contribution is -0.173. The summed E-state index contributed by atoms with van der Waals surface area (Å²) >= 11 is 0. The molecule has 1 aromatic rings. The van der Waals surface area contributed by atoms with Crippen molar-refractivity contribution in [3.8, 4) is 0 Å². The van der Waals surface area contributed by atoms with Crippen LogP contribution >= 0.6 is 0 Å². The van der Waals surface area contributed by atoms with Crippen molar-refractivity contribution < 1.29 is 13.5 Å². The molecule has 0 aromatic heterocycles. The van der Waals surface area contributed by atoms with Gasteiger partial charge in [0.1, 0.15) is 11.6 Å². The molecule has 2 nitrogen and oxygen atoms in total. The minimum atomic E-state index is -0.526. The van der Waals surface area contributed by atoms with Gasteiger partial charge in [-0.25, -0.2) is 8.78 Å². The van der Waals surface area contributed by atoms with Crippen LogP contribution in [-0.2, 0) is 11.3 Å². The third-order valence-corrected chi connectivity index (χ3v) is 4.99. The molecule has 0 bridgehead atoms. The molecule has 2 atom stereocenters. The lowest BCUT2D eigenvalue weighted by atomic mass is 9.51. The summed E-state index contributed by atoms with van der Waals surface area (Å²) in [5.74, 6) is -0.998. The molecule has 110 valence electrons. The summed E-state index contributed by atoms with van der Waals surface area (Å²) < 4.78 is 32.3. The van der Waals surface area contributed by atoms with Gasteiger partial charge >= 0.3 is 0 Å². The largest absolute Gasteiger partial charge is 0.378 e. The van der Waals surface area contributed by atoms with Gasteiger partial charge in [-0.15, -0.1) is 0 Å². The zero-order valence-corrected chi connectivity index (χ0v) is 11.8. The van der Waals surface area contributed by atoms with Crippen LogP contribution in [0.25, 0.3) is 0 Å². The Morgan fingerprint density at radius 2 is 2.15 bits per heavy atom. The molecule has 0 amide bonds. The average molecular weight is 281 g/mol.